The van der Waals surface area contributed by atoms with Crippen LogP contribution < -0.4 is 4.90 Å². The van der Waals surface area contributed by atoms with Crippen molar-refractivity contribution in [1.29, 1.82) is 0 Å². The first-order valence-corrected chi connectivity index (χ1v) is 11.5. The van der Waals surface area contributed by atoms with Crippen LogP contribution in [0.2, 0.25) is 0 Å². The minimum absolute atomic E-state index is 0.150. The first-order valence-electron chi connectivity index (χ1n) is 11.5. The minimum atomic E-state index is -0.243. The monoisotopic (exact) mass is 444 g/mol. The molecule has 0 aliphatic carbocycles. The maximum atomic E-state index is 13.6. The average Bonchev–Trinajstić information content (AvgIpc) is 3.43. The molecule has 2 aromatic heterocycles. The van der Waals surface area contributed by atoms with E-state index in [-0.39, 0.29) is 11.9 Å². The number of anilines is 1. The molecule has 0 radical (unpaired) electrons. The number of nitrogens with zero attached hydrogens (tertiary/aromatic N) is 6. The molecule has 6 nitrogen and oxygen atoms in total. The summed E-state index contributed by atoms with van der Waals surface area (Å²) in [6, 6.07) is 15.1. The highest BCUT2D eigenvalue weighted by molar-refractivity contribution is 5.75. The Hall–Kier alpha value is -3.32. The molecule has 1 fully saturated rings. The highest BCUT2D eigenvalue weighted by Gasteiger charge is 2.31. The van der Waals surface area contributed by atoms with E-state index in [2.05, 4.69) is 39.6 Å². The first-order chi connectivity index (χ1) is 16.0. The second kappa shape index (κ2) is 8.90. The van der Waals surface area contributed by atoms with Gasteiger partial charge in [-0.15, -0.1) is 0 Å². The Labute approximate surface area is 193 Å². The van der Waals surface area contributed by atoms with Gasteiger partial charge in [-0.3, -0.25) is 4.90 Å². The molecule has 4 aromatic rings. The second-order valence-corrected chi connectivity index (χ2v) is 8.76. The lowest BCUT2D eigenvalue weighted by Crippen LogP contribution is -2.26. The molecule has 0 unspecified atom stereocenters. The molecular weight excluding hydrogens is 415 g/mol. The van der Waals surface area contributed by atoms with Crippen molar-refractivity contribution in [2.75, 3.05) is 25.5 Å². The Bertz CT molecular complexity index is 1260. The van der Waals surface area contributed by atoms with E-state index in [4.69, 9.17) is 9.97 Å². The maximum absolute atomic E-state index is 13.6. The number of aromatic nitrogens is 4. The Kier molecular flexibility index (Phi) is 5.81. The molecule has 2 aromatic carbocycles. The van der Waals surface area contributed by atoms with Gasteiger partial charge in [0.15, 0.2) is 0 Å². The molecule has 0 spiro atoms. The number of benzene rings is 2. The number of imidazole rings is 1. The topological polar surface area (TPSA) is 50.1 Å². The summed E-state index contributed by atoms with van der Waals surface area (Å²) in [4.78, 5) is 18.9. The summed E-state index contributed by atoms with van der Waals surface area (Å²) < 4.78 is 15.9. The highest BCUT2D eigenvalue weighted by atomic mass is 19.1. The van der Waals surface area contributed by atoms with Gasteiger partial charge in [0, 0.05) is 32.4 Å². The van der Waals surface area contributed by atoms with Crippen LogP contribution in [0.1, 0.15) is 37.3 Å². The molecule has 170 valence electrons. The van der Waals surface area contributed by atoms with Gasteiger partial charge in [-0.05, 0) is 56.1 Å². The van der Waals surface area contributed by atoms with Crippen LogP contribution in [-0.2, 0) is 13.1 Å². The molecule has 1 aliphatic heterocycles. The number of likely N-dealkylation sites (tertiary alicyclic amines) is 1. The molecule has 0 saturated carbocycles. The molecule has 3 heterocycles. The van der Waals surface area contributed by atoms with Gasteiger partial charge in [-0.25, -0.2) is 19.3 Å². The normalized spacial score (nSPS) is 16.5. The summed E-state index contributed by atoms with van der Waals surface area (Å²) in [6.45, 7) is 4.80. The van der Waals surface area contributed by atoms with Gasteiger partial charge in [0.25, 0.3) is 0 Å². The quantitative estimate of drug-likeness (QED) is 0.416. The van der Waals surface area contributed by atoms with Gasteiger partial charge >= 0.3 is 0 Å². The zero-order valence-corrected chi connectivity index (χ0v) is 19.4. The summed E-state index contributed by atoms with van der Waals surface area (Å²) in [5.74, 6) is 1.52. The van der Waals surface area contributed by atoms with E-state index < -0.39 is 0 Å². The van der Waals surface area contributed by atoms with Crippen LogP contribution >= 0.6 is 0 Å². The fourth-order valence-electron chi connectivity index (χ4n) is 4.81. The van der Waals surface area contributed by atoms with Crippen molar-refractivity contribution < 1.29 is 4.39 Å². The van der Waals surface area contributed by atoms with Crippen molar-refractivity contribution in [2.45, 2.75) is 38.9 Å². The molecule has 0 bridgehead atoms. The zero-order chi connectivity index (χ0) is 22.9. The molecule has 0 amide bonds. The van der Waals surface area contributed by atoms with Gasteiger partial charge in [0.1, 0.15) is 11.6 Å². The van der Waals surface area contributed by atoms with Crippen molar-refractivity contribution in [1.82, 2.24) is 24.4 Å². The van der Waals surface area contributed by atoms with Gasteiger partial charge in [-0.1, -0.05) is 24.3 Å². The fourth-order valence-corrected chi connectivity index (χ4v) is 4.81. The lowest BCUT2D eigenvalue weighted by molar-refractivity contribution is 0.236. The van der Waals surface area contributed by atoms with E-state index >= 15 is 0 Å². The van der Waals surface area contributed by atoms with E-state index in [1.807, 2.05) is 43.4 Å². The van der Waals surface area contributed by atoms with E-state index in [1.165, 1.54) is 17.6 Å². The van der Waals surface area contributed by atoms with Crippen molar-refractivity contribution >= 4 is 17.0 Å². The highest BCUT2D eigenvalue weighted by Crippen LogP contribution is 2.38. The van der Waals surface area contributed by atoms with Crippen molar-refractivity contribution in [3.63, 3.8) is 0 Å². The van der Waals surface area contributed by atoms with Crippen LogP contribution in [0, 0.1) is 5.82 Å². The van der Waals surface area contributed by atoms with Crippen LogP contribution in [0.5, 0.6) is 0 Å². The predicted octanol–water partition coefficient (Wildman–Crippen LogP) is 5.06. The lowest BCUT2D eigenvalue weighted by Gasteiger charge is -2.26. The van der Waals surface area contributed by atoms with E-state index in [9.17, 15) is 4.39 Å². The lowest BCUT2D eigenvalue weighted by atomic mass is 10.00. The van der Waals surface area contributed by atoms with Crippen molar-refractivity contribution in [3.8, 4) is 11.1 Å². The third-order valence-corrected chi connectivity index (χ3v) is 6.43. The number of rotatable bonds is 6. The standard InChI is InChI=1S/C26H29FN6/c1-4-33-22-9-6-5-8-21(22)29-24(33)17-32-15-7-10-23(32)25-20(16-28-26(30-25)31(2)3)18-11-13-19(27)14-12-18/h5-6,8-9,11-14,16,23H,4,7,10,15,17H2,1-3H3/t23-/m0/s1. The van der Waals surface area contributed by atoms with Crippen LogP contribution in [0.25, 0.3) is 22.2 Å². The third-order valence-electron chi connectivity index (χ3n) is 6.43. The summed E-state index contributed by atoms with van der Waals surface area (Å²) in [5, 5.41) is 0. The Balaban J connectivity index is 1.54. The molecule has 0 N–H and O–H groups in total. The van der Waals surface area contributed by atoms with Crippen LogP contribution in [0.4, 0.5) is 10.3 Å². The van der Waals surface area contributed by atoms with Crippen LogP contribution in [-0.4, -0.2) is 45.1 Å². The van der Waals surface area contributed by atoms with E-state index in [0.717, 1.165) is 60.6 Å². The molecule has 1 aliphatic rings. The number of hydrogen-bond donors (Lipinski definition) is 0. The largest absolute Gasteiger partial charge is 0.347 e. The predicted molar refractivity (Wildman–Crippen MR) is 130 cm³/mol. The molecule has 5 rings (SSSR count). The number of fused-ring (bicyclic) bond motifs is 1. The van der Waals surface area contributed by atoms with Gasteiger partial charge in [-0.2, -0.15) is 0 Å². The molecule has 1 saturated heterocycles. The smallest absolute Gasteiger partial charge is 0.225 e. The van der Waals surface area contributed by atoms with Crippen molar-refractivity contribution in [2.24, 2.45) is 0 Å². The number of hydrogen-bond acceptors (Lipinski definition) is 5. The summed E-state index contributed by atoms with van der Waals surface area (Å²) in [5.41, 5.74) is 5.10. The molecule has 1 atom stereocenters. The SMILES string of the molecule is CCn1c(CN2CCC[C@H]2c2nc(N(C)C)ncc2-c2ccc(F)cc2)nc2ccccc21. The molecule has 7 heteroatoms. The number of aryl methyl sites for hydroxylation is 1. The summed E-state index contributed by atoms with van der Waals surface area (Å²) in [6.07, 6.45) is 3.99. The number of halogens is 1. The first kappa shape index (κ1) is 21.5. The van der Waals surface area contributed by atoms with Crippen molar-refractivity contribution in [3.05, 3.63) is 72.1 Å². The molecular formula is C26H29FN6. The van der Waals surface area contributed by atoms with Gasteiger partial charge in [0.2, 0.25) is 5.95 Å². The van der Waals surface area contributed by atoms with E-state index in [1.54, 1.807) is 0 Å². The Morgan fingerprint density at radius 1 is 1.06 bits per heavy atom. The second-order valence-electron chi connectivity index (χ2n) is 8.76. The van der Waals surface area contributed by atoms with E-state index in [0.29, 0.717) is 5.95 Å². The third kappa shape index (κ3) is 4.09. The minimum Gasteiger partial charge on any atom is -0.347 e. The zero-order valence-electron chi connectivity index (χ0n) is 19.4. The van der Waals surface area contributed by atoms with Gasteiger partial charge in [0.05, 0.1) is 29.3 Å². The van der Waals surface area contributed by atoms with Gasteiger partial charge < -0.3 is 9.47 Å². The maximum Gasteiger partial charge on any atom is 0.225 e. The van der Waals surface area contributed by atoms with Crippen LogP contribution in [0.3, 0.4) is 0 Å². The van der Waals surface area contributed by atoms with Crippen LogP contribution in [0.15, 0.2) is 54.7 Å². The average molecular weight is 445 g/mol. The number of para-hydroxylation sites is 2. The Morgan fingerprint density at radius 3 is 2.61 bits per heavy atom. The Morgan fingerprint density at radius 2 is 1.85 bits per heavy atom. The summed E-state index contributed by atoms with van der Waals surface area (Å²) >= 11 is 0. The fraction of sp³-hybridized carbons (Fsp3) is 0.346. The molecule has 33 heavy (non-hydrogen) atoms. The summed E-state index contributed by atoms with van der Waals surface area (Å²) in [7, 11) is 3.90.